The van der Waals surface area contributed by atoms with E-state index in [1.54, 1.807) is 31.6 Å². The molecule has 146 valence electrons. The van der Waals surface area contributed by atoms with Crippen LogP contribution in [0.5, 0.6) is 5.75 Å². The summed E-state index contributed by atoms with van der Waals surface area (Å²) < 4.78 is 11.3. The lowest BCUT2D eigenvalue weighted by Gasteiger charge is -2.22. The number of rotatable bonds is 5. The number of hydrogen-bond acceptors (Lipinski definition) is 6. The molecule has 0 bridgehead atoms. The molecule has 1 atom stereocenters. The van der Waals surface area contributed by atoms with Gasteiger partial charge in [0.05, 0.1) is 31.8 Å². The summed E-state index contributed by atoms with van der Waals surface area (Å²) >= 11 is 0. The van der Waals surface area contributed by atoms with Crippen LogP contribution in [0.15, 0.2) is 82.8 Å². The number of nitrogens with zero attached hydrogens (tertiary/aromatic N) is 4. The highest BCUT2D eigenvalue weighted by molar-refractivity contribution is 5.82. The van der Waals surface area contributed by atoms with Gasteiger partial charge in [0.15, 0.2) is 5.70 Å². The Morgan fingerprint density at radius 1 is 1.14 bits per heavy atom. The first-order chi connectivity index (χ1) is 14.2. The molecule has 0 saturated heterocycles. The average Bonchev–Trinajstić information content (AvgIpc) is 2.79. The third kappa shape index (κ3) is 3.84. The Balaban J connectivity index is 1.66. The number of allylic oxidation sites excluding steroid dienone is 3. The van der Waals surface area contributed by atoms with Gasteiger partial charge in [-0.05, 0) is 42.7 Å². The van der Waals surface area contributed by atoms with Crippen molar-refractivity contribution < 1.29 is 9.47 Å². The summed E-state index contributed by atoms with van der Waals surface area (Å²) in [6.07, 6.45) is 8.78. The van der Waals surface area contributed by atoms with E-state index in [4.69, 9.17) is 9.47 Å². The molecule has 29 heavy (non-hydrogen) atoms. The normalized spacial score (nSPS) is 18.1. The summed E-state index contributed by atoms with van der Waals surface area (Å²) in [5.41, 5.74) is 7.32. The molecule has 2 heterocycles. The highest BCUT2D eigenvalue weighted by Gasteiger charge is 2.20. The van der Waals surface area contributed by atoms with E-state index in [1.165, 1.54) is 0 Å². The minimum atomic E-state index is 0.447. The van der Waals surface area contributed by atoms with Crippen molar-refractivity contribution in [3.8, 4) is 5.75 Å². The van der Waals surface area contributed by atoms with Gasteiger partial charge in [-0.3, -0.25) is 4.98 Å². The van der Waals surface area contributed by atoms with Crippen LogP contribution >= 0.6 is 0 Å². The zero-order valence-corrected chi connectivity index (χ0v) is 16.7. The van der Waals surface area contributed by atoms with E-state index in [9.17, 15) is 0 Å². The van der Waals surface area contributed by atoms with Crippen molar-refractivity contribution in [2.24, 2.45) is 16.3 Å². The molecule has 1 aliphatic carbocycles. The quantitative estimate of drug-likeness (QED) is 0.647. The van der Waals surface area contributed by atoms with Crippen LogP contribution in [-0.2, 0) is 4.74 Å². The lowest BCUT2D eigenvalue weighted by molar-refractivity contribution is 0.306. The van der Waals surface area contributed by atoms with Gasteiger partial charge >= 0.3 is 0 Å². The molecule has 0 fully saturated rings. The van der Waals surface area contributed by atoms with Crippen molar-refractivity contribution in [1.82, 2.24) is 4.98 Å². The third-order valence-electron chi connectivity index (χ3n) is 4.82. The second kappa shape index (κ2) is 8.17. The predicted octanol–water partition coefficient (Wildman–Crippen LogP) is 5.38. The molecule has 4 rings (SSSR count). The fraction of sp³-hybridized carbons (Fsp3) is 0.217. The largest absolute Gasteiger partial charge is 0.496 e. The van der Waals surface area contributed by atoms with E-state index >= 15 is 0 Å². The summed E-state index contributed by atoms with van der Waals surface area (Å²) in [5, 5.41) is 10.2. The minimum Gasteiger partial charge on any atom is -0.496 e. The lowest BCUT2D eigenvalue weighted by Crippen LogP contribution is -2.09. The van der Waals surface area contributed by atoms with Crippen LogP contribution in [0.1, 0.15) is 24.6 Å². The Labute approximate surface area is 170 Å². The van der Waals surface area contributed by atoms with Crippen molar-refractivity contribution in [2.75, 3.05) is 19.2 Å². The van der Waals surface area contributed by atoms with Gasteiger partial charge in [0.1, 0.15) is 11.5 Å². The van der Waals surface area contributed by atoms with Crippen molar-refractivity contribution >= 4 is 17.0 Å². The number of benzene rings is 1. The van der Waals surface area contributed by atoms with E-state index in [0.717, 1.165) is 40.4 Å². The van der Waals surface area contributed by atoms with Crippen LogP contribution in [0.3, 0.4) is 0 Å². The average molecular weight is 386 g/mol. The van der Waals surface area contributed by atoms with E-state index in [2.05, 4.69) is 40.1 Å². The van der Waals surface area contributed by atoms with E-state index in [0.29, 0.717) is 11.6 Å². The van der Waals surface area contributed by atoms with Crippen LogP contribution in [0.2, 0.25) is 0 Å². The molecule has 2 aromatic rings. The minimum absolute atomic E-state index is 0.447. The SMILES string of the molecule is COC1=CCC(C)C=C1c1ccc(N2C=C=C(c3ccccn3)N=N2)cc1OC. The van der Waals surface area contributed by atoms with Gasteiger partial charge < -0.3 is 9.47 Å². The Bertz CT molecular complexity index is 1060. The number of hydrogen-bond donors (Lipinski definition) is 0. The molecule has 2 aliphatic rings. The van der Waals surface area contributed by atoms with Gasteiger partial charge in [-0.25, -0.2) is 5.01 Å². The number of aromatic nitrogens is 1. The molecule has 1 aromatic carbocycles. The Kier molecular flexibility index (Phi) is 5.27. The molecule has 0 N–H and O–H groups in total. The predicted molar refractivity (Wildman–Crippen MR) is 113 cm³/mol. The first-order valence-electron chi connectivity index (χ1n) is 9.43. The number of ether oxygens (including phenoxy) is 2. The highest BCUT2D eigenvalue weighted by atomic mass is 16.5. The number of anilines is 1. The van der Waals surface area contributed by atoms with Crippen molar-refractivity contribution in [3.05, 3.63) is 83.7 Å². The van der Waals surface area contributed by atoms with Gasteiger partial charge in [0, 0.05) is 23.4 Å². The highest BCUT2D eigenvalue weighted by Crippen LogP contribution is 2.38. The smallest absolute Gasteiger partial charge is 0.157 e. The molecule has 6 nitrogen and oxygen atoms in total. The molecule has 0 amide bonds. The third-order valence-corrected chi connectivity index (χ3v) is 4.82. The van der Waals surface area contributed by atoms with Gasteiger partial charge in [0.2, 0.25) is 0 Å². The van der Waals surface area contributed by atoms with E-state index in [1.807, 2.05) is 36.4 Å². The standard InChI is InChI=1S/C23H22N4O2/c1-16-7-10-22(28-2)19(14-16)18-9-8-17(15-23(18)29-3)27-13-11-21(25-26-27)20-6-4-5-12-24-20/h4-6,8-10,12-16H,7H2,1-3H3. The van der Waals surface area contributed by atoms with Gasteiger partial charge in [-0.2, -0.15) is 0 Å². The maximum absolute atomic E-state index is 5.68. The number of pyridine rings is 1. The molecule has 0 saturated carbocycles. The molecular weight excluding hydrogens is 364 g/mol. The Morgan fingerprint density at radius 3 is 2.72 bits per heavy atom. The summed E-state index contributed by atoms with van der Waals surface area (Å²) in [6.45, 7) is 2.19. The van der Waals surface area contributed by atoms with Crippen molar-refractivity contribution in [1.29, 1.82) is 0 Å². The van der Waals surface area contributed by atoms with E-state index in [-0.39, 0.29) is 0 Å². The van der Waals surface area contributed by atoms with Gasteiger partial charge in [-0.1, -0.05) is 30.0 Å². The zero-order chi connectivity index (χ0) is 20.2. The molecule has 0 spiro atoms. The Hall–Kier alpha value is -3.63. The van der Waals surface area contributed by atoms with Crippen LogP contribution in [-0.4, -0.2) is 19.2 Å². The summed E-state index contributed by atoms with van der Waals surface area (Å²) in [5.74, 6) is 2.06. The van der Waals surface area contributed by atoms with Crippen LogP contribution in [0, 0.1) is 5.92 Å². The monoisotopic (exact) mass is 386 g/mol. The molecular formula is C23H22N4O2. The second-order valence-corrected chi connectivity index (χ2v) is 6.82. The van der Waals surface area contributed by atoms with Gasteiger partial charge in [-0.15, -0.1) is 5.11 Å². The van der Waals surface area contributed by atoms with Gasteiger partial charge in [0.25, 0.3) is 0 Å². The summed E-state index contributed by atoms with van der Waals surface area (Å²) in [4.78, 5) is 4.28. The molecule has 1 aliphatic heterocycles. The molecule has 1 aromatic heterocycles. The molecule has 1 unspecified atom stereocenters. The second-order valence-electron chi connectivity index (χ2n) is 6.82. The number of methoxy groups -OCH3 is 2. The fourth-order valence-corrected chi connectivity index (χ4v) is 3.32. The first-order valence-corrected chi connectivity index (χ1v) is 9.43. The van der Waals surface area contributed by atoms with Crippen molar-refractivity contribution in [3.63, 3.8) is 0 Å². The maximum Gasteiger partial charge on any atom is 0.157 e. The summed E-state index contributed by atoms with van der Waals surface area (Å²) in [7, 11) is 3.36. The zero-order valence-electron chi connectivity index (χ0n) is 16.7. The van der Waals surface area contributed by atoms with E-state index < -0.39 is 0 Å². The first kappa shape index (κ1) is 18.7. The summed E-state index contributed by atoms with van der Waals surface area (Å²) in [6, 6.07) is 11.6. The van der Waals surface area contributed by atoms with Crippen LogP contribution < -0.4 is 9.75 Å². The maximum atomic E-state index is 5.68. The topological polar surface area (TPSA) is 59.3 Å². The van der Waals surface area contributed by atoms with Crippen LogP contribution in [0.25, 0.3) is 11.3 Å². The lowest BCUT2D eigenvalue weighted by atomic mass is 9.91. The molecule has 6 heteroatoms. The Morgan fingerprint density at radius 2 is 2.03 bits per heavy atom. The van der Waals surface area contributed by atoms with Crippen LogP contribution in [0.4, 0.5) is 5.69 Å². The molecule has 0 radical (unpaired) electrons. The van der Waals surface area contributed by atoms with Crippen molar-refractivity contribution in [2.45, 2.75) is 13.3 Å². The fourth-order valence-electron chi connectivity index (χ4n) is 3.32.